The molecule has 1 aromatic carbocycles. The maximum absolute atomic E-state index is 12.3. The first kappa shape index (κ1) is 19.7. The highest BCUT2D eigenvalue weighted by molar-refractivity contribution is 7.83. The normalized spacial score (nSPS) is 18.1. The van der Waals surface area contributed by atoms with Crippen LogP contribution in [-0.2, 0) is 15.7 Å². The average Bonchev–Trinajstić information content (AvgIpc) is 3.23. The standard InChI is InChI=1S/C19H25N7O2S/c1-20-29(27)14-5-6-16(26-7-3-4-13(9-26)10-28-2)15(8-14)25-19-17-18(22-11-21-17)23-12-24-19/h5-6,8,11-13,20H,3-4,7,9-10H2,1-2H3,(H2,21,22,23,24,25). The fraction of sp³-hybridized carbons (Fsp3) is 0.421. The van der Waals surface area contributed by atoms with Crippen molar-refractivity contribution >= 4 is 39.3 Å². The van der Waals surface area contributed by atoms with Gasteiger partial charge < -0.3 is 19.9 Å². The molecule has 4 rings (SSSR count). The molecule has 0 aliphatic carbocycles. The Bertz CT molecular complexity index is 1010. The number of aromatic nitrogens is 4. The predicted octanol–water partition coefficient (Wildman–Crippen LogP) is 2.20. The molecule has 0 saturated carbocycles. The van der Waals surface area contributed by atoms with Gasteiger partial charge in [-0.2, -0.15) is 0 Å². The first-order chi connectivity index (χ1) is 14.2. The molecule has 3 N–H and O–H groups in total. The molecular weight excluding hydrogens is 390 g/mol. The Morgan fingerprint density at radius 3 is 3.07 bits per heavy atom. The number of ether oxygens (including phenoxy) is 1. The van der Waals surface area contributed by atoms with Gasteiger partial charge in [-0.3, -0.25) is 0 Å². The van der Waals surface area contributed by atoms with E-state index in [0.717, 1.165) is 49.4 Å². The number of hydrogen-bond acceptors (Lipinski definition) is 7. The van der Waals surface area contributed by atoms with E-state index < -0.39 is 11.0 Å². The Morgan fingerprint density at radius 1 is 1.34 bits per heavy atom. The van der Waals surface area contributed by atoms with E-state index >= 15 is 0 Å². The largest absolute Gasteiger partial charge is 0.384 e. The fourth-order valence-corrected chi connectivity index (χ4v) is 4.42. The van der Waals surface area contributed by atoms with Crippen molar-refractivity contribution in [1.29, 1.82) is 0 Å². The molecule has 3 aromatic rings. The highest BCUT2D eigenvalue weighted by Gasteiger charge is 2.23. The number of hydrogen-bond donors (Lipinski definition) is 3. The summed E-state index contributed by atoms with van der Waals surface area (Å²) in [5.41, 5.74) is 3.22. The van der Waals surface area contributed by atoms with Gasteiger partial charge in [0.25, 0.3) is 0 Å². The van der Waals surface area contributed by atoms with E-state index in [4.69, 9.17) is 4.74 Å². The zero-order valence-corrected chi connectivity index (χ0v) is 17.3. The number of fused-ring (bicyclic) bond motifs is 1. The minimum absolute atomic E-state index is 0.492. The van der Waals surface area contributed by atoms with Crippen LogP contribution in [0.1, 0.15) is 12.8 Å². The Kier molecular flexibility index (Phi) is 6.02. The number of nitrogens with one attached hydrogen (secondary N) is 3. The lowest BCUT2D eigenvalue weighted by molar-refractivity contribution is 0.143. The summed E-state index contributed by atoms with van der Waals surface area (Å²) in [6.07, 6.45) is 5.35. The third-order valence-corrected chi connectivity index (χ3v) is 6.16. The molecule has 2 atom stereocenters. The second kappa shape index (κ2) is 8.85. The summed E-state index contributed by atoms with van der Waals surface area (Å²) < 4.78 is 20.5. The highest BCUT2D eigenvalue weighted by atomic mass is 32.2. The summed E-state index contributed by atoms with van der Waals surface area (Å²) in [4.78, 5) is 18.9. The molecule has 3 heterocycles. The van der Waals surface area contributed by atoms with Gasteiger partial charge in [0.15, 0.2) is 11.5 Å². The van der Waals surface area contributed by atoms with Gasteiger partial charge in [-0.25, -0.2) is 23.9 Å². The predicted molar refractivity (Wildman–Crippen MR) is 114 cm³/mol. The van der Waals surface area contributed by atoms with Gasteiger partial charge >= 0.3 is 0 Å². The second-order valence-electron chi connectivity index (χ2n) is 7.01. The average molecular weight is 416 g/mol. The van der Waals surface area contributed by atoms with Crippen LogP contribution in [0.15, 0.2) is 35.7 Å². The zero-order valence-electron chi connectivity index (χ0n) is 16.5. The number of methoxy groups -OCH3 is 1. The van der Waals surface area contributed by atoms with Crippen molar-refractivity contribution < 1.29 is 8.95 Å². The van der Waals surface area contributed by atoms with Crippen molar-refractivity contribution in [1.82, 2.24) is 24.7 Å². The third-order valence-electron chi connectivity index (χ3n) is 5.11. The van der Waals surface area contributed by atoms with Crippen LogP contribution in [0.3, 0.4) is 0 Å². The second-order valence-corrected chi connectivity index (χ2v) is 8.43. The summed E-state index contributed by atoms with van der Waals surface area (Å²) in [5, 5.41) is 3.41. The molecule has 154 valence electrons. The Hall–Kier alpha value is -2.56. The zero-order chi connectivity index (χ0) is 20.2. The third kappa shape index (κ3) is 4.24. The van der Waals surface area contributed by atoms with Crippen LogP contribution in [0.2, 0.25) is 0 Å². The van der Waals surface area contributed by atoms with E-state index in [-0.39, 0.29) is 0 Å². The summed E-state index contributed by atoms with van der Waals surface area (Å²) in [5.74, 6) is 1.12. The highest BCUT2D eigenvalue weighted by Crippen LogP contribution is 2.34. The Labute approximate surface area is 171 Å². The number of anilines is 3. The Morgan fingerprint density at radius 2 is 2.24 bits per heavy atom. The lowest BCUT2D eigenvalue weighted by Gasteiger charge is -2.35. The van der Waals surface area contributed by atoms with Gasteiger partial charge in [-0.05, 0) is 44.0 Å². The molecule has 1 fully saturated rings. The van der Waals surface area contributed by atoms with Gasteiger partial charge in [0, 0.05) is 20.2 Å². The molecule has 0 amide bonds. The summed E-state index contributed by atoms with van der Waals surface area (Å²) in [6, 6.07) is 5.83. The Balaban J connectivity index is 1.71. The van der Waals surface area contributed by atoms with Crippen LogP contribution in [0.5, 0.6) is 0 Å². The van der Waals surface area contributed by atoms with E-state index in [1.54, 1.807) is 20.5 Å². The van der Waals surface area contributed by atoms with Crippen LogP contribution in [-0.4, -0.2) is 58.0 Å². The van der Waals surface area contributed by atoms with Gasteiger partial charge in [-0.15, -0.1) is 0 Å². The number of benzene rings is 1. The van der Waals surface area contributed by atoms with E-state index in [0.29, 0.717) is 22.3 Å². The maximum atomic E-state index is 12.3. The van der Waals surface area contributed by atoms with Crippen molar-refractivity contribution in [3.8, 4) is 0 Å². The number of nitrogens with zero attached hydrogens (tertiary/aromatic N) is 4. The number of piperidine rings is 1. The molecule has 2 unspecified atom stereocenters. The molecule has 29 heavy (non-hydrogen) atoms. The molecule has 2 aromatic heterocycles. The molecule has 0 radical (unpaired) electrons. The molecule has 10 heteroatoms. The number of H-pyrrole nitrogens is 1. The van der Waals surface area contributed by atoms with Crippen LogP contribution in [0.25, 0.3) is 11.2 Å². The van der Waals surface area contributed by atoms with Crippen molar-refractivity contribution in [2.24, 2.45) is 5.92 Å². The van der Waals surface area contributed by atoms with Crippen LogP contribution >= 0.6 is 0 Å². The van der Waals surface area contributed by atoms with E-state index in [9.17, 15) is 4.21 Å². The van der Waals surface area contributed by atoms with Gasteiger partial charge in [0.2, 0.25) is 0 Å². The topological polar surface area (TPSA) is 108 Å². The lowest BCUT2D eigenvalue weighted by Crippen LogP contribution is -2.37. The maximum Gasteiger partial charge on any atom is 0.182 e. The van der Waals surface area contributed by atoms with Crippen LogP contribution in [0, 0.1) is 5.92 Å². The molecular formula is C19H25N7O2S. The van der Waals surface area contributed by atoms with Crippen molar-refractivity contribution in [2.75, 3.05) is 44.1 Å². The summed E-state index contributed by atoms with van der Waals surface area (Å²) >= 11 is 0. The lowest BCUT2D eigenvalue weighted by atomic mass is 9.98. The first-order valence-electron chi connectivity index (χ1n) is 9.57. The summed E-state index contributed by atoms with van der Waals surface area (Å²) in [7, 11) is 2.14. The smallest absolute Gasteiger partial charge is 0.182 e. The first-order valence-corrected chi connectivity index (χ1v) is 10.7. The minimum atomic E-state index is -1.28. The number of aromatic amines is 1. The summed E-state index contributed by atoms with van der Waals surface area (Å²) in [6.45, 7) is 2.63. The van der Waals surface area contributed by atoms with Gasteiger partial charge in [0.1, 0.15) is 22.8 Å². The van der Waals surface area contributed by atoms with Crippen LogP contribution in [0.4, 0.5) is 17.2 Å². The molecule has 1 saturated heterocycles. The molecule has 1 aliphatic heterocycles. The van der Waals surface area contributed by atoms with E-state index in [1.807, 2.05) is 18.2 Å². The number of imidazole rings is 1. The van der Waals surface area contributed by atoms with Gasteiger partial charge in [0.05, 0.1) is 29.2 Å². The fourth-order valence-electron chi connectivity index (χ4n) is 3.77. The quantitative estimate of drug-likeness (QED) is 0.543. The van der Waals surface area contributed by atoms with Crippen molar-refractivity contribution in [2.45, 2.75) is 17.7 Å². The van der Waals surface area contributed by atoms with Crippen molar-refractivity contribution in [3.63, 3.8) is 0 Å². The van der Waals surface area contributed by atoms with E-state index in [2.05, 4.69) is 34.9 Å². The van der Waals surface area contributed by atoms with Crippen molar-refractivity contribution in [3.05, 3.63) is 30.9 Å². The number of rotatable bonds is 7. The monoisotopic (exact) mass is 415 g/mol. The van der Waals surface area contributed by atoms with Crippen LogP contribution < -0.4 is 14.9 Å². The SMILES string of the molecule is CNS(=O)c1ccc(N2CCCC(COC)C2)c(Nc2ncnc3nc[nH]c23)c1. The van der Waals surface area contributed by atoms with E-state index in [1.165, 1.54) is 6.33 Å². The molecule has 0 bridgehead atoms. The molecule has 9 nitrogen and oxygen atoms in total. The van der Waals surface area contributed by atoms with Gasteiger partial charge in [-0.1, -0.05) is 0 Å². The minimum Gasteiger partial charge on any atom is -0.384 e. The molecule has 0 spiro atoms. The molecule has 1 aliphatic rings.